The molecule has 170 valence electrons. The van der Waals surface area contributed by atoms with Crippen LogP contribution in [0.2, 0.25) is 0 Å². The van der Waals surface area contributed by atoms with Gasteiger partial charge < -0.3 is 9.64 Å². The number of imide groups is 1. The predicted octanol–water partition coefficient (Wildman–Crippen LogP) is 4.62. The first-order valence-corrected chi connectivity index (χ1v) is 10.3. The summed E-state index contributed by atoms with van der Waals surface area (Å²) in [6.45, 7) is 5.02. The molecule has 1 aromatic carbocycles. The molecule has 3 rings (SSSR count). The number of esters is 1. The van der Waals surface area contributed by atoms with Crippen LogP contribution in [0.15, 0.2) is 47.5 Å². The van der Waals surface area contributed by atoms with Crippen LogP contribution in [0.3, 0.4) is 0 Å². The first-order chi connectivity index (χ1) is 14.8. The van der Waals surface area contributed by atoms with Crippen molar-refractivity contribution in [3.05, 3.63) is 53.9 Å². The molecule has 0 N–H and O–H groups in total. The average Bonchev–Trinajstić information content (AvgIpc) is 2.93. The first-order valence-electron chi connectivity index (χ1n) is 9.48. The Morgan fingerprint density at radius 1 is 1.12 bits per heavy atom. The molecule has 2 heterocycles. The predicted molar refractivity (Wildman–Crippen MR) is 111 cm³/mol. The van der Waals surface area contributed by atoms with E-state index in [1.54, 1.807) is 26.8 Å². The number of carbonyl (C=O) groups is 3. The quantitative estimate of drug-likeness (QED) is 0.363. The summed E-state index contributed by atoms with van der Waals surface area (Å²) in [5, 5.41) is 0. The zero-order valence-electron chi connectivity index (χ0n) is 17.5. The molecule has 11 heteroatoms. The van der Waals surface area contributed by atoms with E-state index < -0.39 is 29.0 Å². The topological polar surface area (TPSA) is 79.8 Å². The second-order valence-corrected chi connectivity index (χ2v) is 9.10. The molecule has 1 saturated heterocycles. The first kappa shape index (κ1) is 23.6. The van der Waals surface area contributed by atoms with Crippen LogP contribution < -0.4 is 4.90 Å². The van der Waals surface area contributed by atoms with Gasteiger partial charge in [-0.25, -0.2) is 19.5 Å². The second kappa shape index (κ2) is 8.81. The van der Waals surface area contributed by atoms with Crippen molar-refractivity contribution in [1.29, 1.82) is 0 Å². The highest BCUT2D eigenvalue weighted by Crippen LogP contribution is 2.37. The van der Waals surface area contributed by atoms with Gasteiger partial charge in [0.1, 0.15) is 17.8 Å². The number of carbonyl (C=O) groups excluding carboxylic acids is 3. The fourth-order valence-corrected chi connectivity index (χ4v) is 3.50. The minimum Gasteiger partial charge on any atom is -0.455 e. The van der Waals surface area contributed by atoms with Gasteiger partial charge in [0.25, 0.3) is 5.91 Å². The Hall–Kier alpha value is -3.08. The summed E-state index contributed by atoms with van der Waals surface area (Å²) in [4.78, 5) is 43.5. The lowest BCUT2D eigenvalue weighted by Gasteiger charge is -2.20. The summed E-state index contributed by atoms with van der Waals surface area (Å²) >= 11 is -0.280. The minimum absolute atomic E-state index is 0.0431. The molecule has 0 spiro atoms. The molecule has 2 aromatic rings. The van der Waals surface area contributed by atoms with E-state index in [2.05, 4.69) is 4.98 Å². The molecule has 0 unspecified atom stereocenters. The number of hydrogen-bond donors (Lipinski definition) is 0. The minimum atomic E-state index is -4.43. The lowest BCUT2D eigenvalue weighted by molar-refractivity contribution is -0.116. The number of hydrogen-bond acceptors (Lipinski definition) is 6. The molecule has 1 aliphatic rings. The van der Waals surface area contributed by atoms with Crippen molar-refractivity contribution in [2.24, 2.45) is 0 Å². The molecule has 0 atom stereocenters. The van der Waals surface area contributed by atoms with E-state index in [0.29, 0.717) is 5.56 Å². The van der Waals surface area contributed by atoms with E-state index >= 15 is 0 Å². The largest absolute Gasteiger partial charge is 0.455 e. The number of pyridine rings is 1. The lowest BCUT2D eigenvalue weighted by atomic mass is 10.2. The fourth-order valence-electron chi connectivity index (χ4n) is 2.96. The zero-order valence-corrected chi connectivity index (χ0v) is 18.3. The van der Waals surface area contributed by atoms with Gasteiger partial charge in [-0.2, -0.15) is 13.2 Å². The van der Waals surface area contributed by atoms with Gasteiger partial charge in [-0.1, -0.05) is 0 Å². The van der Waals surface area contributed by atoms with E-state index in [-0.39, 0.29) is 41.1 Å². The van der Waals surface area contributed by atoms with Gasteiger partial charge in [0.2, 0.25) is 0 Å². The number of halogens is 3. The Balaban J connectivity index is 1.72. The van der Waals surface area contributed by atoms with Gasteiger partial charge in [0.15, 0.2) is 0 Å². The number of urea groups is 1. The molecule has 32 heavy (non-hydrogen) atoms. The van der Waals surface area contributed by atoms with Gasteiger partial charge in [-0.15, -0.1) is 0 Å². The van der Waals surface area contributed by atoms with Crippen molar-refractivity contribution < 1.29 is 32.3 Å². The number of rotatable bonds is 5. The highest BCUT2D eigenvalue weighted by molar-refractivity contribution is 8.00. The number of alkyl halides is 3. The summed E-state index contributed by atoms with van der Waals surface area (Å²) in [5.41, 5.74) is -4.30. The summed E-state index contributed by atoms with van der Waals surface area (Å²) in [6, 6.07) is 7.47. The van der Waals surface area contributed by atoms with Crippen LogP contribution in [0.5, 0.6) is 0 Å². The zero-order chi connectivity index (χ0) is 23.7. The number of ether oxygens (including phenoxy) is 1. The Labute approximate surface area is 186 Å². The van der Waals surface area contributed by atoms with Crippen LogP contribution in [-0.4, -0.2) is 45.4 Å². The maximum atomic E-state index is 12.8. The lowest BCUT2D eigenvalue weighted by Crippen LogP contribution is -2.32. The molecule has 1 fully saturated rings. The fraction of sp³-hybridized carbons (Fsp3) is 0.333. The van der Waals surface area contributed by atoms with Crippen molar-refractivity contribution in [1.82, 2.24) is 9.88 Å². The van der Waals surface area contributed by atoms with Crippen molar-refractivity contribution >= 4 is 35.4 Å². The van der Waals surface area contributed by atoms with E-state index in [1.807, 2.05) is 0 Å². The molecule has 3 amide bonds. The highest BCUT2D eigenvalue weighted by Gasteiger charge is 2.37. The highest BCUT2D eigenvalue weighted by atomic mass is 32.2. The number of nitrogens with zero attached hydrogens (tertiary/aromatic N) is 3. The summed E-state index contributed by atoms with van der Waals surface area (Å²) < 4.78 is 42.8. The summed E-state index contributed by atoms with van der Waals surface area (Å²) in [6.07, 6.45) is 1.41. The number of thioether (sulfide) groups is 1. The number of amides is 3. The SMILES string of the molecule is CC(C)(C)OC(=O)c1cc(CN2CC(=O)N(c3ccc(SC(F)(F)F)cc3)C2=O)ccn1. The van der Waals surface area contributed by atoms with Crippen molar-refractivity contribution in [3.8, 4) is 0 Å². The smallest absolute Gasteiger partial charge is 0.446 e. The van der Waals surface area contributed by atoms with Crippen LogP contribution in [0, 0.1) is 0 Å². The number of anilines is 1. The third-order valence-corrected chi connectivity index (χ3v) is 4.91. The van der Waals surface area contributed by atoms with Crippen molar-refractivity contribution in [2.75, 3.05) is 11.4 Å². The van der Waals surface area contributed by atoms with Crippen LogP contribution >= 0.6 is 11.8 Å². The molecule has 1 aliphatic heterocycles. The summed E-state index contributed by atoms with van der Waals surface area (Å²) in [7, 11) is 0. The molecule has 0 bridgehead atoms. The maximum Gasteiger partial charge on any atom is 0.446 e. The maximum absolute atomic E-state index is 12.8. The molecular weight excluding hydrogens is 447 g/mol. The van der Waals surface area contributed by atoms with E-state index in [1.165, 1.54) is 41.4 Å². The van der Waals surface area contributed by atoms with Gasteiger partial charge in [0.05, 0.1) is 5.69 Å². The van der Waals surface area contributed by atoms with Crippen LogP contribution in [0.25, 0.3) is 0 Å². The molecule has 0 aliphatic carbocycles. The third kappa shape index (κ3) is 6.00. The normalized spacial score (nSPS) is 14.8. The number of benzene rings is 1. The monoisotopic (exact) mass is 467 g/mol. The number of aromatic nitrogens is 1. The average molecular weight is 467 g/mol. The van der Waals surface area contributed by atoms with Crippen LogP contribution in [0.1, 0.15) is 36.8 Å². The van der Waals surface area contributed by atoms with Crippen molar-refractivity contribution in [3.63, 3.8) is 0 Å². The van der Waals surface area contributed by atoms with E-state index in [9.17, 15) is 27.6 Å². The van der Waals surface area contributed by atoms with E-state index in [4.69, 9.17) is 4.74 Å². The molecule has 1 aromatic heterocycles. The van der Waals surface area contributed by atoms with Crippen LogP contribution in [0.4, 0.5) is 23.7 Å². The van der Waals surface area contributed by atoms with Gasteiger partial charge in [-0.3, -0.25) is 4.79 Å². The Morgan fingerprint density at radius 3 is 2.38 bits per heavy atom. The Bertz CT molecular complexity index is 1040. The Kier molecular flexibility index (Phi) is 6.49. The molecule has 0 radical (unpaired) electrons. The Morgan fingerprint density at radius 2 is 1.78 bits per heavy atom. The van der Waals surface area contributed by atoms with Crippen LogP contribution in [-0.2, 0) is 16.1 Å². The van der Waals surface area contributed by atoms with Gasteiger partial charge in [0, 0.05) is 17.6 Å². The molecular formula is C21H20F3N3O4S. The van der Waals surface area contributed by atoms with Gasteiger partial charge >= 0.3 is 17.5 Å². The molecule has 7 nitrogen and oxygen atoms in total. The standard InChI is InChI=1S/C21H20F3N3O4S/c1-20(2,3)31-18(29)16-10-13(8-9-25-16)11-26-12-17(28)27(19(26)30)14-4-6-15(7-5-14)32-21(22,23)24/h4-10H,11-12H2,1-3H3. The third-order valence-electron chi connectivity index (χ3n) is 4.17. The van der Waals surface area contributed by atoms with E-state index in [0.717, 1.165) is 4.90 Å². The van der Waals surface area contributed by atoms with Gasteiger partial charge in [-0.05, 0) is 74.5 Å². The molecule has 0 saturated carbocycles. The second-order valence-electron chi connectivity index (χ2n) is 7.96. The van der Waals surface area contributed by atoms with Crippen molar-refractivity contribution in [2.45, 2.75) is 43.3 Å². The summed E-state index contributed by atoms with van der Waals surface area (Å²) in [5.74, 6) is -1.12.